The third-order valence-corrected chi connectivity index (χ3v) is 2.97. The van der Waals surface area contributed by atoms with Crippen LogP contribution in [0.2, 0.25) is 0 Å². The molecule has 0 aliphatic heterocycles. The molecule has 0 radical (unpaired) electrons. The molecule has 120 valence electrons. The molecule has 0 heterocycles. The second-order valence-electron chi connectivity index (χ2n) is 5.06. The second-order valence-corrected chi connectivity index (χ2v) is 5.06. The molecular weight excluding hydrogens is 387 g/mol. The van der Waals surface area contributed by atoms with E-state index < -0.39 is 11.6 Å². The highest BCUT2D eigenvalue weighted by atomic mass is 127. The van der Waals surface area contributed by atoms with Crippen molar-refractivity contribution in [2.45, 2.75) is 26.7 Å². The van der Waals surface area contributed by atoms with Gasteiger partial charge in [0.15, 0.2) is 5.96 Å². The van der Waals surface area contributed by atoms with E-state index in [1.165, 1.54) is 18.2 Å². The van der Waals surface area contributed by atoms with Gasteiger partial charge in [0.1, 0.15) is 11.6 Å². The number of rotatable bonds is 6. The van der Waals surface area contributed by atoms with Gasteiger partial charge in [-0.05, 0) is 30.9 Å². The number of nitrogens with zero attached hydrogens (tertiary/aromatic N) is 1. The molecule has 0 bridgehead atoms. The van der Waals surface area contributed by atoms with Crippen molar-refractivity contribution in [3.63, 3.8) is 0 Å². The fourth-order valence-corrected chi connectivity index (χ4v) is 1.78. The first-order chi connectivity index (χ1) is 9.54. The number of halogens is 3. The maximum atomic E-state index is 13.4. The van der Waals surface area contributed by atoms with Crippen LogP contribution in [0, 0.1) is 17.6 Å². The Morgan fingerprint density at radius 1 is 1.14 bits per heavy atom. The first kappa shape index (κ1) is 20.1. The lowest BCUT2D eigenvalue weighted by Crippen LogP contribution is -2.39. The van der Waals surface area contributed by atoms with Crippen LogP contribution >= 0.6 is 24.0 Å². The summed E-state index contributed by atoms with van der Waals surface area (Å²) >= 11 is 0. The van der Waals surface area contributed by atoms with Gasteiger partial charge in [0, 0.05) is 25.7 Å². The van der Waals surface area contributed by atoms with Gasteiger partial charge < -0.3 is 10.6 Å². The van der Waals surface area contributed by atoms with Crippen molar-refractivity contribution in [3.05, 3.63) is 35.4 Å². The van der Waals surface area contributed by atoms with E-state index in [1.807, 2.05) is 0 Å². The van der Waals surface area contributed by atoms with Crippen molar-refractivity contribution in [1.29, 1.82) is 0 Å². The van der Waals surface area contributed by atoms with Gasteiger partial charge in [0.05, 0.1) is 0 Å². The summed E-state index contributed by atoms with van der Waals surface area (Å²) in [6, 6.07) is 3.91. The summed E-state index contributed by atoms with van der Waals surface area (Å²) in [4.78, 5) is 4.07. The summed E-state index contributed by atoms with van der Waals surface area (Å²) in [5, 5.41) is 6.22. The Balaban J connectivity index is 0.00000400. The number of hydrogen-bond donors (Lipinski definition) is 2. The molecule has 0 fully saturated rings. The molecule has 0 saturated carbocycles. The molecule has 0 spiro atoms. The van der Waals surface area contributed by atoms with E-state index in [1.54, 1.807) is 7.05 Å². The fraction of sp³-hybridized carbons (Fsp3) is 0.533. The average Bonchev–Trinajstić information content (AvgIpc) is 2.39. The Labute approximate surface area is 142 Å². The van der Waals surface area contributed by atoms with Gasteiger partial charge in [-0.1, -0.05) is 19.9 Å². The molecule has 0 saturated heterocycles. The summed E-state index contributed by atoms with van der Waals surface area (Å²) < 4.78 is 26.9. The minimum atomic E-state index is -0.505. The Bertz CT molecular complexity index is 430. The van der Waals surface area contributed by atoms with Crippen molar-refractivity contribution >= 4 is 29.9 Å². The van der Waals surface area contributed by atoms with E-state index in [9.17, 15) is 8.78 Å². The van der Waals surface area contributed by atoms with Crippen LogP contribution in [-0.4, -0.2) is 26.1 Å². The zero-order chi connectivity index (χ0) is 15.0. The number of guanidine groups is 1. The zero-order valence-corrected chi connectivity index (χ0v) is 15.1. The first-order valence-electron chi connectivity index (χ1n) is 6.92. The maximum Gasteiger partial charge on any atom is 0.190 e. The number of hydrogen-bond acceptors (Lipinski definition) is 1. The highest BCUT2D eigenvalue weighted by Gasteiger charge is 2.08. The first-order valence-corrected chi connectivity index (χ1v) is 6.92. The molecule has 0 unspecified atom stereocenters. The van der Waals surface area contributed by atoms with E-state index in [0.717, 1.165) is 13.0 Å². The summed E-state index contributed by atoms with van der Waals surface area (Å²) in [6.07, 6.45) is 1.33. The fourth-order valence-electron chi connectivity index (χ4n) is 1.78. The Morgan fingerprint density at radius 2 is 1.71 bits per heavy atom. The van der Waals surface area contributed by atoms with Crippen molar-refractivity contribution in [1.82, 2.24) is 10.6 Å². The summed E-state index contributed by atoms with van der Waals surface area (Å²) in [5.41, 5.74) is 0.109. The topological polar surface area (TPSA) is 36.4 Å². The SMILES string of the molecule is CN=C(NCCc1c(F)cccc1F)NCCC(C)C.I. The second kappa shape index (κ2) is 10.8. The molecule has 21 heavy (non-hydrogen) atoms. The highest BCUT2D eigenvalue weighted by Crippen LogP contribution is 2.11. The average molecular weight is 411 g/mol. The van der Waals surface area contributed by atoms with Crippen molar-refractivity contribution in [3.8, 4) is 0 Å². The third-order valence-electron chi connectivity index (χ3n) is 2.97. The lowest BCUT2D eigenvalue weighted by atomic mass is 10.1. The molecule has 0 aliphatic rings. The summed E-state index contributed by atoms with van der Waals surface area (Å²) in [7, 11) is 1.67. The monoisotopic (exact) mass is 411 g/mol. The van der Waals surface area contributed by atoms with Crippen LogP contribution in [0.3, 0.4) is 0 Å². The van der Waals surface area contributed by atoms with Crippen LogP contribution in [-0.2, 0) is 6.42 Å². The van der Waals surface area contributed by atoms with Crippen molar-refractivity contribution in [2.24, 2.45) is 10.9 Å². The molecule has 1 rings (SSSR count). The molecule has 2 N–H and O–H groups in total. The molecule has 0 amide bonds. The van der Waals surface area contributed by atoms with Gasteiger partial charge in [-0.3, -0.25) is 4.99 Å². The molecular formula is C15H24F2IN3. The molecule has 0 aliphatic carbocycles. The van der Waals surface area contributed by atoms with Crippen molar-refractivity contribution < 1.29 is 8.78 Å². The van der Waals surface area contributed by atoms with Crippen LogP contribution in [0.5, 0.6) is 0 Å². The summed E-state index contributed by atoms with van der Waals surface area (Å²) in [6.45, 7) is 5.56. The maximum absolute atomic E-state index is 13.4. The quantitative estimate of drug-likeness (QED) is 0.428. The van der Waals surface area contributed by atoms with E-state index in [-0.39, 0.29) is 36.0 Å². The molecule has 1 aromatic carbocycles. The molecule has 3 nitrogen and oxygen atoms in total. The smallest absolute Gasteiger partial charge is 0.190 e. The molecule has 0 atom stereocenters. The molecule has 6 heteroatoms. The van der Waals surface area contributed by atoms with Crippen LogP contribution in [0.15, 0.2) is 23.2 Å². The zero-order valence-electron chi connectivity index (χ0n) is 12.7. The van der Waals surface area contributed by atoms with Crippen LogP contribution < -0.4 is 10.6 Å². The lowest BCUT2D eigenvalue weighted by molar-refractivity contribution is 0.551. The Hall–Kier alpha value is -0.920. The van der Waals surface area contributed by atoms with Gasteiger partial charge in [-0.2, -0.15) is 0 Å². The van der Waals surface area contributed by atoms with Crippen LogP contribution in [0.4, 0.5) is 8.78 Å². The highest BCUT2D eigenvalue weighted by molar-refractivity contribution is 14.0. The van der Waals surface area contributed by atoms with E-state index in [2.05, 4.69) is 29.5 Å². The van der Waals surface area contributed by atoms with Gasteiger partial charge in [-0.15, -0.1) is 24.0 Å². The third kappa shape index (κ3) is 7.59. The van der Waals surface area contributed by atoms with E-state index >= 15 is 0 Å². The Kier molecular flexibility index (Phi) is 10.3. The predicted molar refractivity (Wildman–Crippen MR) is 94.3 cm³/mol. The van der Waals surface area contributed by atoms with Crippen LogP contribution in [0.1, 0.15) is 25.8 Å². The van der Waals surface area contributed by atoms with Gasteiger partial charge >= 0.3 is 0 Å². The largest absolute Gasteiger partial charge is 0.356 e. The van der Waals surface area contributed by atoms with Crippen LogP contribution in [0.25, 0.3) is 0 Å². The van der Waals surface area contributed by atoms with Gasteiger partial charge in [-0.25, -0.2) is 8.78 Å². The normalized spacial score (nSPS) is 11.2. The summed E-state index contributed by atoms with van der Waals surface area (Å²) in [5.74, 6) is 0.264. The molecule has 0 aromatic heterocycles. The van der Waals surface area contributed by atoms with Gasteiger partial charge in [0.25, 0.3) is 0 Å². The molecule has 1 aromatic rings. The number of benzene rings is 1. The minimum absolute atomic E-state index is 0. The minimum Gasteiger partial charge on any atom is -0.356 e. The van der Waals surface area contributed by atoms with E-state index in [4.69, 9.17) is 0 Å². The Morgan fingerprint density at radius 3 is 2.24 bits per heavy atom. The lowest BCUT2D eigenvalue weighted by Gasteiger charge is -2.13. The van der Waals surface area contributed by atoms with E-state index in [0.29, 0.717) is 18.4 Å². The standard InChI is InChI=1S/C15H23F2N3.HI/c1-11(2)7-9-19-15(18-3)20-10-8-12-13(16)5-4-6-14(12)17;/h4-6,11H,7-10H2,1-3H3,(H2,18,19,20);1H. The van der Waals surface area contributed by atoms with Gasteiger partial charge in [0.2, 0.25) is 0 Å². The van der Waals surface area contributed by atoms with Crippen molar-refractivity contribution in [2.75, 3.05) is 20.1 Å². The number of nitrogens with one attached hydrogen (secondary N) is 2. The number of aliphatic imine (C=N–C) groups is 1. The predicted octanol–water partition coefficient (Wildman–Crippen LogP) is 3.34.